The molecule has 88 valence electrons. The van der Waals surface area contributed by atoms with E-state index in [-0.39, 0.29) is 11.5 Å². The van der Waals surface area contributed by atoms with E-state index in [9.17, 15) is 8.78 Å². The van der Waals surface area contributed by atoms with Crippen LogP contribution in [0, 0.1) is 17.0 Å². The largest absolute Gasteiger partial charge is 0.307 e. The number of benzene rings is 1. The summed E-state index contributed by atoms with van der Waals surface area (Å²) in [6, 6.07) is 4.58. The summed E-state index contributed by atoms with van der Waals surface area (Å²) in [6.07, 6.45) is 1.09. The highest BCUT2D eigenvalue weighted by Crippen LogP contribution is 2.45. The first-order valence-corrected chi connectivity index (χ1v) is 5.62. The van der Waals surface area contributed by atoms with Gasteiger partial charge in [-0.15, -0.1) is 0 Å². The first-order chi connectivity index (χ1) is 7.42. The molecule has 0 spiro atoms. The van der Waals surface area contributed by atoms with E-state index in [0.29, 0.717) is 11.6 Å². The average Bonchev–Trinajstić information content (AvgIpc) is 2.78. The van der Waals surface area contributed by atoms with E-state index in [1.165, 1.54) is 0 Å². The van der Waals surface area contributed by atoms with Gasteiger partial charge in [-0.05, 0) is 24.8 Å². The summed E-state index contributed by atoms with van der Waals surface area (Å²) >= 11 is 0. The van der Waals surface area contributed by atoms with Crippen LogP contribution in [0.25, 0.3) is 0 Å². The van der Waals surface area contributed by atoms with Gasteiger partial charge < -0.3 is 5.32 Å². The third-order valence-corrected chi connectivity index (χ3v) is 3.41. The Morgan fingerprint density at radius 1 is 1.38 bits per heavy atom. The molecule has 0 bridgehead atoms. The van der Waals surface area contributed by atoms with Gasteiger partial charge in [0.25, 0.3) is 0 Å². The SMILES string of the molecule is CC(NC1CC1(C)C)c1cccc(F)c1F. The maximum absolute atomic E-state index is 13.5. The van der Waals surface area contributed by atoms with Crippen molar-refractivity contribution in [3.8, 4) is 0 Å². The van der Waals surface area contributed by atoms with E-state index in [2.05, 4.69) is 19.2 Å². The highest BCUT2D eigenvalue weighted by Gasteiger charge is 2.46. The Kier molecular flexibility index (Phi) is 2.74. The van der Waals surface area contributed by atoms with Crippen LogP contribution in [0.4, 0.5) is 8.78 Å². The molecule has 16 heavy (non-hydrogen) atoms. The third-order valence-electron chi connectivity index (χ3n) is 3.41. The standard InChI is InChI=1S/C13H17F2N/c1-8(16-11-7-13(11,2)3)9-5-4-6-10(14)12(9)15/h4-6,8,11,16H,7H2,1-3H3. The van der Waals surface area contributed by atoms with E-state index < -0.39 is 11.6 Å². The number of hydrogen-bond donors (Lipinski definition) is 1. The molecule has 0 aliphatic heterocycles. The summed E-state index contributed by atoms with van der Waals surface area (Å²) in [5.41, 5.74) is 0.695. The Hall–Kier alpha value is -0.960. The normalized spacial score (nSPS) is 24.2. The summed E-state index contributed by atoms with van der Waals surface area (Å²) in [7, 11) is 0. The molecular weight excluding hydrogens is 208 g/mol. The van der Waals surface area contributed by atoms with Crippen molar-refractivity contribution in [1.82, 2.24) is 5.32 Å². The predicted molar refractivity (Wildman–Crippen MR) is 60.1 cm³/mol. The molecule has 0 heterocycles. The molecular formula is C13H17F2N. The lowest BCUT2D eigenvalue weighted by Gasteiger charge is -2.16. The van der Waals surface area contributed by atoms with Crippen molar-refractivity contribution in [1.29, 1.82) is 0 Å². The van der Waals surface area contributed by atoms with Gasteiger partial charge in [0.2, 0.25) is 0 Å². The second-order valence-electron chi connectivity index (χ2n) is 5.28. The zero-order valence-corrected chi connectivity index (χ0v) is 9.85. The highest BCUT2D eigenvalue weighted by molar-refractivity contribution is 5.22. The fraction of sp³-hybridized carbons (Fsp3) is 0.538. The molecule has 1 N–H and O–H groups in total. The van der Waals surface area contributed by atoms with Crippen LogP contribution in [0.1, 0.15) is 38.8 Å². The minimum absolute atomic E-state index is 0.150. The van der Waals surface area contributed by atoms with Gasteiger partial charge in [0.05, 0.1) is 0 Å². The highest BCUT2D eigenvalue weighted by atomic mass is 19.2. The number of rotatable bonds is 3. The molecule has 3 heteroatoms. The maximum Gasteiger partial charge on any atom is 0.163 e. The van der Waals surface area contributed by atoms with Gasteiger partial charge in [-0.2, -0.15) is 0 Å². The number of halogens is 2. The van der Waals surface area contributed by atoms with E-state index in [1.807, 2.05) is 6.92 Å². The van der Waals surface area contributed by atoms with Crippen LogP contribution in [0.3, 0.4) is 0 Å². The fourth-order valence-corrected chi connectivity index (χ4v) is 2.00. The fourth-order valence-electron chi connectivity index (χ4n) is 2.00. The molecule has 1 aromatic rings. The number of nitrogens with one attached hydrogen (secondary N) is 1. The van der Waals surface area contributed by atoms with Crippen molar-refractivity contribution in [2.45, 2.75) is 39.3 Å². The first kappa shape index (κ1) is 11.5. The zero-order chi connectivity index (χ0) is 11.9. The molecule has 0 saturated heterocycles. The molecule has 0 aromatic heterocycles. The van der Waals surface area contributed by atoms with E-state index in [1.54, 1.807) is 12.1 Å². The molecule has 2 atom stereocenters. The average molecular weight is 225 g/mol. The molecule has 2 unspecified atom stereocenters. The summed E-state index contributed by atoms with van der Waals surface area (Å²) < 4.78 is 26.5. The van der Waals surface area contributed by atoms with Gasteiger partial charge >= 0.3 is 0 Å². The predicted octanol–water partition coefficient (Wildman–Crippen LogP) is 3.41. The quantitative estimate of drug-likeness (QED) is 0.831. The van der Waals surface area contributed by atoms with Crippen molar-refractivity contribution in [3.63, 3.8) is 0 Å². The molecule has 0 amide bonds. The lowest BCUT2D eigenvalue weighted by atomic mass is 10.1. The van der Waals surface area contributed by atoms with Crippen molar-refractivity contribution in [2.75, 3.05) is 0 Å². The lowest BCUT2D eigenvalue weighted by molar-refractivity contribution is 0.452. The summed E-state index contributed by atoms with van der Waals surface area (Å²) in [4.78, 5) is 0. The minimum atomic E-state index is -0.777. The minimum Gasteiger partial charge on any atom is -0.307 e. The van der Waals surface area contributed by atoms with E-state index in [4.69, 9.17) is 0 Å². The van der Waals surface area contributed by atoms with Crippen LogP contribution in [0.15, 0.2) is 18.2 Å². The van der Waals surface area contributed by atoms with Crippen molar-refractivity contribution >= 4 is 0 Å². The van der Waals surface area contributed by atoms with Gasteiger partial charge in [0.1, 0.15) is 0 Å². The summed E-state index contributed by atoms with van der Waals surface area (Å²) in [5.74, 6) is -1.51. The van der Waals surface area contributed by atoms with E-state index in [0.717, 1.165) is 12.5 Å². The molecule has 1 saturated carbocycles. The molecule has 1 aromatic carbocycles. The topological polar surface area (TPSA) is 12.0 Å². The van der Waals surface area contributed by atoms with Gasteiger partial charge in [0, 0.05) is 17.6 Å². The Bertz CT molecular complexity index is 401. The lowest BCUT2D eigenvalue weighted by Crippen LogP contribution is -2.25. The molecule has 1 aliphatic rings. The Balaban J connectivity index is 2.09. The van der Waals surface area contributed by atoms with Crippen LogP contribution < -0.4 is 5.32 Å². The smallest absolute Gasteiger partial charge is 0.163 e. The third kappa shape index (κ3) is 2.09. The van der Waals surface area contributed by atoms with Crippen LogP contribution in [0.2, 0.25) is 0 Å². The molecule has 2 rings (SSSR count). The Labute approximate surface area is 94.9 Å². The summed E-state index contributed by atoms with van der Waals surface area (Å²) in [5, 5.41) is 3.32. The Morgan fingerprint density at radius 3 is 2.56 bits per heavy atom. The van der Waals surface area contributed by atoms with Crippen molar-refractivity contribution in [2.24, 2.45) is 5.41 Å². The monoisotopic (exact) mass is 225 g/mol. The first-order valence-electron chi connectivity index (χ1n) is 5.62. The van der Waals surface area contributed by atoms with Gasteiger partial charge in [-0.1, -0.05) is 26.0 Å². The second kappa shape index (κ2) is 3.81. The Morgan fingerprint density at radius 2 is 2.00 bits per heavy atom. The van der Waals surface area contributed by atoms with Crippen molar-refractivity contribution in [3.05, 3.63) is 35.4 Å². The van der Waals surface area contributed by atoms with Gasteiger partial charge in [-0.25, -0.2) is 8.78 Å². The van der Waals surface area contributed by atoms with E-state index >= 15 is 0 Å². The molecule has 1 aliphatic carbocycles. The van der Waals surface area contributed by atoms with Crippen LogP contribution in [-0.2, 0) is 0 Å². The molecule has 0 radical (unpaired) electrons. The van der Waals surface area contributed by atoms with Gasteiger partial charge in [0.15, 0.2) is 11.6 Å². The molecule has 1 nitrogen and oxygen atoms in total. The zero-order valence-electron chi connectivity index (χ0n) is 9.85. The van der Waals surface area contributed by atoms with Crippen LogP contribution in [0.5, 0.6) is 0 Å². The maximum atomic E-state index is 13.5. The molecule has 1 fully saturated rings. The van der Waals surface area contributed by atoms with Crippen LogP contribution >= 0.6 is 0 Å². The van der Waals surface area contributed by atoms with Gasteiger partial charge in [-0.3, -0.25) is 0 Å². The summed E-state index contributed by atoms with van der Waals surface area (Å²) in [6.45, 7) is 6.20. The number of hydrogen-bond acceptors (Lipinski definition) is 1. The second-order valence-corrected chi connectivity index (χ2v) is 5.28. The van der Waals surface area contributed by atoms with Crippen molar-refractivity contribution < 1.29 is 8.78 Å². The van der Waals surface area contributed by atoms with Crippen LogP contribution in [-0.4, -0.2) is 6.04 Å².